The largest absolute Gasteiger partial charge is 0.381 e. The Kier molecular flexibility index (Phi) is 4.46. The number of hydrogen-bond acceptors (Lipinski definition) is 2. The highest BCUT2D eigenvalue weighted by atomic mass is 16.5. The van der Waals surface area contributed by atoms with Crippen molar-refractivity contribution in [3.63, 3.8) is 0 Å². The van der Waals surface area contributed by atoms with Gasteiger partial charge < -0.3 is 10.1 Å². The zero-order valence-corrected chi connectivity index (χ0v) is 8.97. The van der Waals surface area contributed by atoms with E-state index in [1.807, 2.05) is 7.11 Å². The molecule has 1 aliphatic rings. The summed E-state index contributed by atoms with van der Waals surface area (Å²) in [7, 11) is 1.81. The molecule has 0 saturated heterocycles. The SMILES string of the molecule is COC1CCC(NCC=C(C)C)C1. The smallest absolute Gasteiger partial charge is 0.0586 e. The number of rotatable bonds is 4. The highest BCUT2D eigenvalue weighted by Gasteiger charge is 2.23. The number of allylic oxidation sites excluding steroid dienone is 1. The maximum absolute atomic E-state index is 5.31. The Morgan fingerprint density at radius 2 is 2.23 bits per heavy atom. The number of methoxy groups -OCH3 is 1. The molecule has 0 aliphatic heterocycles. The third-order valence-electron chi connectivity index (χ3n) is 2.63. The van der Waals surface area contributed by atoms with Crippen LogP contribution < -0.4 is 5.32 Å². The Bertz CT molecular complexity index is 173. The lowest BCUT2D eigenvalue weighted by Crippen LogP contribution is -2.27. The summed E-state index contributed by atoms with van der Waals surface area (Å²) in [6, 6.07) is 0.667. The molecule has 0 aromatic heterocycles. The monoisotopic (exact) mass is 183 g/mol. The number of nitrogens with one attached hydrogen (secondary N) is 1. The van der Waals surface area contributed by atoms with Crippen LogP contribution in [0, 0.1) is 0 Å². The quantitative estimate of drug-likeness (QED) is 0.674. The predicted molar refractivity (Wildman–Crippen MR) is 55.9 cm³/mol. The molecule has 2 heteroatoms. The first kappa shape index (κ1) is 10.7. The molecule has 2 nitrogen and oxygen atoms in total. The van der Waals surface area contributed by atoms with Gasteiger partial charge in [0.05, 0.1) is 6.10 Å². The summed E-state index contributed by atoms with van der Waals surface area (Å²) in [5, 5.41) is 3.52. The van der Waals surface area contributed by atoms with Crippen molar-refractivity contribution in [3.05, 3.63) is 11.6 Å². The van der Waals surface area contributed by atoms with Crippen LogP contribution in [-0.4, -0.2) is 25.8 Å². The summed E-state index contributed by atoms with van der Waals surface area (Å²) in [5.74, 6) is 0. The Labute approximate surface area is 81.4 Å². The summed E-state index contributed by atoms with van der Waals surface area (Å²) < 4.78 is 5.31. The molecule has 0 aromatic rings. The fraction of sp³-hybridized carbons (Fsp3) is 0.818. The van der Waals surface area contributed by atoms with Gasteiger partial charge in [-0.2, -0.15) is 0 Å². The normalized spacial score (nSPS) is 27.6. The van der Waals surface area contributed by atoms with E-state index in [9.17, 15) is 0 Å². The van der Waals surface area contributed by atoms with E-state index < -0.39 is 0 Å². The first-order valence-corrected chi connectivity index (χ1v) is 5.12. The van der Waals surface area contributed by atoms with Crippen LogP contribution in [0.5, 0.6) is 0 Å². The van der Waals surface area contributed by atoms with Gasteiger partial charge in [0, 0.05) is 19.7 Å². The predicted octanol–water partition coefficient (Wildman–Crippen LogP) is 2.11. The Morgan fingerprint density at radius 3 is 2.77 bits per heavy atom. The molecule has 1 fully saturated rings. The van der Waals surface area contributed by atoms with Crippen LogP contribution in [0.15, 0.2) is 11.6 Å². The van der Waals surface area contributed by atoms with Crippen molar-refractivity contribution in [1.82, 2.24) is 5.32 Å². The first-order valence-electron chi connectivity index (χ1n) is 5.12. The van der Waals surface area contributed by atoms with Gasteiger partial charge in [0.25, 0.3) is 0 Å². The van der Waals surface area contributed by atoms with Gasteiger partial charge in [0.1, 0.15) is 0 Å². The van der Waals surface area contributed by atoms with E-state index in [1.165, 1.54) is 24.8 Å². The second kappa shape index (κ2) is 5.40. The van der Waals surface area contributed by atoms with Gasteiger partial charge in [0.2, 0.25) is 0 Å². The van der Waals surface area contributed by atoms with Crippen molar-refractivity contribution >= 4 is 0 Å². The van der Waals surface area contributed by atoms with Crippen LogP contribution in [0.3, 0.4) is 0 Å². The maximum Gasteiger partial charge on any atom is 0.0586 e. The molecule has 2 atom stereocenters. The lowest BCUT2D eigenvalue weighted by atomic mass is 10.2. The van der Waals surface area contributed by atoms with Crippen molar-refractivity contribution in [3.8, 4) is 0 Å². The molecule has 2 unspecified atom stereocenters. The average Bonchev–Trinajstić information content (AvgIpc) is 2.52. The molecule has 0 radical (unpaired) electrons. The Morgan fingerprint density at radius 1 is 1.46 bits per heavy atom. The molecular weight excluding hydrogens is 162 g/mol. The van der Waals surface area contributed by atoms with E-state index in [2.05, 4.69) is 25.2 Å². The molecule has 0 amide bonds. The fourth-order valence-electron chi connectivity index (χ4n) is 1.77. The highest BCUT2D eigenvalue weighted by molar-refractivity contribution is 4.95. The summed E-state index contributed by atoms with van der Waals surface area (Å²) in [6.07, 6.45) is 6.37. The van der Waals surface area contributed by atoms with Crippen molar-refractivity contribution in [1.29, 1.82) is 0 Å². The van der Waals surface area contributed by atoms with Gasteiger partial charge in [-0.1, -0.05) is 11.6 Å². The van der Waals surface area contributed by atoms with E-state index in [-0.39, 0.29) is 0 Å². The van der Waals surface area contributed by atoms with E-state index in [1.54, 1.807) is 0 Å². The van der Waals surface area contributed by atoms with Crippen LogP contribution in [0.25, 0.3) is 0 Å². The third-order valence-corrected chi connectivity index (χ3v) is 2.63. The molecule has 1 rings (SSSR count). The molecule has 76 valence electrons. The summed E-state index contributed by atoms with van der Waals surface area (Å²) in [5.41, 5.74) is 1.38. The fourth-order valence-corrected chi connectivity index (χ4v) is 1.77. The Balaban J connectivity index is 2.14. The average molecular weight is 183 g/mol. The topological polar surface area (TPSA) is 21.3 Å². The molecule has 1 N–H and O–H groups in total. The zero-order chi connectivity index (χ0) is 9.68. The maximum atomic E-state index is 5.31. The van der Waals surface area contributed by atoms with Gasteiger partial charge in [-0.25, -0.2) is 0 Å². The van der Waals surface area contributed by atoms with E-state index in [0.717, 1.165) is 6.54 Å². The van der Waals surface area contributed by atoms with Crippen molar-refractivity contribution in [2.45, 2.75) is 45.3 Å². The van der Waals surface area contributed by atoms with Crippen LogP contribution in [0.4, 0.5) is 0 Å². The highest BCUT2D eigenvalue weighted by Crippen LogP contribution is 2.21. The van der Waals surface area contributed by atoms with E-state index in [4.69, 9.17) is 4.74 Å². The van der Waals surface area contributed by atoms with Crippen molar-refractivity contribution in [2.75, 3.05) is 13.7 Å². The van der Waals surface area contributed by atoms with Crippen LogP contribution >= 0.6 is 0 Å². The van der Waals surface area contributed by atoms with Gasteiger partial charge in [-0.05, 0) is 33.1 Å². The molecular formula is C11H21NO. The minimum absolute atomic E-state index is 0.490. The second-order valence-electron chi connectivity index (χ2n) is 4.06. The molecule has 0 aromatic carbocycles. The van der Waals surface area contributed by atoms with Gasteiger partial charge >= 0.3 is 0 Å². The van der Waals surface area contributed by atoms with Crippen molar-refractivity contribution < 1.29 is 4.74 Å². The second-order valence-corrected chi connectivity index (χ2v) is 4.06. The first-order chi connectivity index (χ1) is 6.22. The van der Waals surface area contributed by atoms with E-state index >= 15 is 0 Å². The van der Waals surface area contributed by atoms with Crippen LogP contribution in [0.1, 0.15) is 33.1 Å². The molecule has 0 spiro atoms. The third kappa shape index (κ3) is 3.92. The molecule has 1 saturated carbocycles. The lowest BCUT2D eigenvalue weighted by Gasteiger charge is -2.10. The molecule has 13 heavy (non-hydrogen) atoms. The van der Waals surface area contributed by atoms with Gasteiger partial charge in [-0.15, -0.1) is 0 Å². The summed E-state index contributed by atoms with van der Waals surface area (Å²) in [6.45, 7) is 5.27. The number of hydrogen-bond donors (Lipinski definition) is 1. The van der Waals surface area contributed by atoms with Gasteiger partial charge in [-0.3, -0.25) is 0 Å². The Hall–Kier alpha value is -0.340. The zero-order valence-electron chi connectivity index (χ0n) is 8.97. The minimum atomic E-state index is 0.490. The van der Waals surface area contributed by atoms with Crippen molar-refractivity contribution in [2.24, 2.45) is 0 Å². The summed E-state index contributed by atoms with van der Waals surface area (Å²) >= 11 is 0. The number of ether oxygens (including phenoxy) is 1. The lowest BCUT2D eigenvalue weighted by molar-refractivity contribution is 0.107. The summed E-state index contributed by atoms with van der Waals surface area (Å²) in [4.78, 5) is 0. The van der Waals surface area contributed by atoms with Crippen LogP contribution in [-0.2, 0) is 4.74 Å². The van der Waals surface area contributed by atoms with Crippen LogP contribution in [0.2, 0.25) is 0 Å². The minimum Gasteiger partial charge on any atom is -0.381 e. The molecule has 0 bridgehead atoms. The standard InChI is InChI=1S/C11H21NO/c1-9(2)6-7-12-10-4-5-11(8-10)13-3/h6,10-12H,4-5,7-8H2,1-3H3. The molecule has 1 aliphatic carbocycles. The van der Waals surface area contributed by atoms with Gasteiger partial charge in [0.15, 0.2) is 0 Å². The molecule has 0 heterocycles. The van der Waals surface area contributed by atoms with E-state index in [0.29, 0.717) is 12.1 Å².